The number of esters is 1. The zero-order valence-electron chi connectivity index (χ0n) is 9.09. The number of rotatable bonds is 3. The van der Waals surface area contributed by atoms with Crippen molar-refractivity contribution < 1.29 is 14.3 Å². The molecule has 3 nitrogen and oxygen atoms in total. The highest BCUT2D eigenvalue weighted by molar-refractivity contribution is 6.43. The fourth-order valence-corrected chi connectivity index (χ4v) is 1.59. The van der Waals surface area contributed by atoms with Crippen LogP contribution >= 0.6 is 34.8 Å². The average molecular weight is 296 g/mol. The molecule has 0 radical (unpaired) electrons. The third-order valence-corrected chi connectivity index (χ3v) is 2.79. The van der Waals surface area contributed by atoms with E-state index in [0.29, 0.717) is 26.6 Å². The van der Waals surface area contributed by atoms with Crippen molar-refractivity contribution in [3.63, 3.8) is 0 Å². The summed E-state index contributed by atoms with van der Waals surface area (Å²) in [5.41, 5.74) is 0. The molecule has 0 aromatic heterocycles. The molecule has 0 saturated carbocycles. The van der Waals surface area contributed by atoms with Crippen molar-refractivity contribution in [1.82, 2.24) is 0 Å². The second kappa shape index (κ2) is 6.15. The Balaban J connectivity index is 2.92. The summed E-state index contributed by atoms with van der Waals surface area (Å²) in [6.45, 7) is 1.59. The molecule has 0 aliphatic rings. The Kier molecular flexibility index (Phi) is 5.12. The summed E-state index contributed by atoms with van der Waals surface area (Å²) in [5.74, 6) is 0.134. The van der Waals surface area contributed by atoms with Crippen LogP contribution in [0.5, 0.6) is 5.75 Å². The van der Waals surface area contributed by atoms with Crippen molar-refractivity contribution in [3.05, 3.63) is 39.0 Å². The molecule has 0 fully saturated rings. The molecule has 92 valence electrons. The normalized spacial score (nSPS) is 11.2. The second-order valence-corrected chi connectivity index (χ2v) is 4.30. The van der Waals surface area contributed by atoms with E-state index in [-0.39, 0.29) is 0 Å². The maximum Gasteiger partial charge on any atom is 0.333 e. The van der Waals surface area contributed by atoms with E-state index in [1.165, 1.54) is 25.3 Å². The lowest BCUT2D eigenvalue weighted by Gasteiger charge is -2.08. The minimum absolute atomic E-state index is 0.303. The summed E-state index contributed by atoms with van der Waals surface area (Å²) in [7, 11) is 1.28. The lowest BCUT2D eigenvalue weighted by molar-refractivity contribution is -0.135. The van der Waals surface area contributed by atoms with Gasteiger partial charge in [0.2, 0.25) is 0 Å². The van der Waals surface area contributed by atoms with Crippen LogP contribution in [0, 0.1) is 0 Å². The zero-order chi connectivity index (χ0) is 13.0. The fraction of sp³-hybridized carbons (Fsp3) is 0.182. The van der Waals surface area contributed by atoms with Crippen molar-refractivity contribution in [3.8, 4) is 5.75 Å². The highest BCUT2D eigenvalue weighted by atomic mass is 35.5. The number of methoxy groups -OCH3 is 1. The molecular weight excluding hydrogens is 286 g/mol. The average Bonchev–Trinajstić information content (AvgIpc) is 2.25. The molecule has 1 aromatic rings. The van der Waals surface area contributed by atoms with Gasteiger partial charge in [-0.05, 0) is 13.0 Å². The molecule has 17 heavy (non-hydrogen) atoms. The van der Waals surface area contributed by atoms with Crippen LogP contribution in [0.2, 0.25) is 15.1 Å². The fourth-order valence-electron chi connectivity index (χ4n) is 1.01. The van der Waals surface area contributed by atoms with Crippen molar-refractivity contribution >= 4 is 40.8 Å². The van der Waals surface area contributed by atoms with E-state index < -0.39 is 5.97 Å². The van der Waals surface area contributed by atoms with Crippen molar-refractivity contribution in [2.75, 3.05) is 7.11 Å². The van der Waals surface area contributed by atoms with Crippen LogP contribution in [0.4, 0.5) is 0 Å². The minimum atomic E-state index is -0.515. The van der Waals surface area contributed by atoms with Gasteiger partial charge >= 0.3 is 5.97 Å². The molecular formula is C11H9Cl3O3. The molecule has 0 aliphatic heterocycles. The van der Waals surface area contributed by atoms with Crippen LogP contribution in [-0.4, -0.2) is 13.1 Å². The molecule has 1 rings (SSSR count). The third-order valence-electron chi connectivity index (χ3n) is 1.77. The topological polar surface area (TPSA) is 35.5 Å². The van der Waals surface area contributed by atoms with Gasteiger partial charge < -0.3 is 9.47 Å². The van der Waals surface area contributed by atoms with Gasteiger partial charge in [0.05, 0.1) is 28.3 Å². The highest BCUT2D eigenvalue weighted by Gasteiger charge is 2.08. The van der Waals surface area contributed by atoms with Crippen LogP contribution in [0.15, 0.2) is 24.0 Å². The van der Waals surface area contributed by atoms with E-state index in [2.05, 4.69) is 4.74 Å². The number of allylic oxidation sites excluding steroid dienone is 1. The van der Waals surface area contributed by atoms with Crippen LogP contribution in [0.25, 0.3) is 0 Å². The van der Waals surface area contributed by atoms with E-state index in [1.807, 2.05) is 0 Å². The molecule has 0 aliphatic carbocycles. The lowest BCUT2D eigenvalue weighted by Crippen LogP contribution is -2.00. The number of hydrogen-bond donors (Lipinski definition) is 0. The minimum Gasteiger partial charge on any atom is -0.466 e. The van der Waals surface area contributed by atoms with Crippen LogP contribution in [-0.2, 0) is 9.53 Å². The summed E-state index contributed by atoms with van der Waals surface area (Å²) in [4.78, 5) is 11.0. The third kappa shape index (κ3) is 4.11. The summed E-state index contributed by atoms with van der Waals surface area (Å²) in [6, 6.07) is 2.94. The Morgan fingerprint density at radius 2 is 1.76 bits per heavy atom. The lowest BCUT2D eigenvalue weighted by atomic mass is 10.3. The SMILES string of the molecule is COC(=O)C=C(C)Oc1cc(Cl)c(Cl)cc1Cl. The smallest absolute Gasteiger partial charge is 0.333 e. The summed E-state index contributed by atoms with van der Waals surface area (Å²) < 4.78 is 9.79. The summed E-state index contributed by atoms with van der Waals surface area (Å²) >= 11 is 17.5. The van der Waals surface area contributed by atoms with Crippen LogP contribution in [0.3, 0.4) is 0 Å². The molecule has 0 N–H and O–H groups in total. The Bertz CT molecular complexity index is 469. The van der Waals surface area contributed by atoms with Gasteiger partial charge in [0.1, 0.15) is 11.5 Å². The van der Waals surface area contributed by atoms with Crippen LogP contribution in [0.1, 0.15) is 6.92 Å². The van der Waals surface area contributed by atoms with Gasteiger partial charge in [0, 0.05) is 6.07 Å². The number of carbonyl (C=O) groups is 1. The van der Waals surface area contributed by atoms with Crippen molar-refractivity contribution in [2.45, 2.75) is 6.92 Å². The number of carbonyl (C=O) groups excluding carboxylic acids is 1. The predicted octanol–water partition coefficient (Wildman–Crippen LogP) is 4.10. The Morgan fingerprint density at radius 1 is 1.18 bits per heavy atom. The first kappa shape index (κ1) is 14.2. The van der Waals surface area contributed by atoms with Crippen LogP contribution < -0.4 is 4.74 Å². The molecule has 0 bridgehead atoms. The van der Waals surface area contributed by atoms with E-state index in [1.54, 1.807) is 6.92 Å². The number of hydrogen-bond acceptors (Lipinski definition) is 3. The molecule has 1 aromatic carbocycles. The Labute approximate surface area is 114 Å². The Hall–Kier alpha value is -0.900. The molecule has 0 saturated heterocycles. The molecule has 0 heterocycles. The largest absolute Gasteiger partial charge is 0.466 e. The van der Waals surface area contributed by atoms with Gasteiger partial charge in [-0.25, -0.2) is 4.79 Å². The van der Waals surface area contributed by atoms with Crippen molar-refractivity contribution in [1.29, 1.82) is 0 Å². The first-order valence-corrected chi connectivity index (χ1v) is 5.66. The van der Waals surface area contributed by atoms with E-state index in [4.69, 9.17) is 39.5 Å². The standard InChI is InChI=1S/C11H9Cl3O3/c1-6(3-11(15)16-2)17-10-5-8(13)7(12)4-9(10)14/h3-5H,1-2H3. The molecule has 0 atom stereocenters. The maximum absolute atomic E-state index is 11.0. The van der Waals surface area contributed by atoms with E-state index >= 15 is 0 Å². The molecule has 0 amide bonds. The predicted molar refractivity (Wildman–Crippen MR) is 67.9 cm³/mol. The zero-order valence-corrected chi connectivity index (χ0v) is 11.4. The van der Waals surface area contributed by atoms with Gasteiger partial charge in [-0.3, -0.25) is 0 Å². The summed E-state index contributed by atoms with van der Waals surface area (Å²) in [5, 5.41) is 0.951. The molecule has 0 spiro atoms. The second-order valence-electron chi connectivity index (χ2n) is 3.08. The Morgan fingerprint density at radius 3 is 2.35 bits per heavy atom. The van der Waals surface area contributed by atoms with Gasteiger partial charge in [-0.1, -0.05) is 34.8 Å². The van der Waals surface area contributed by atoms with Crippen molar-refractivity contribution in [2.24, 2.45) is 0 Å². The number of halogens is 3. The monoisotopic (exact) mass is 294 g/mol. The van der Waals surface area contributed by atoms with Gasteiger partial charge in [-0.2, -0.15) is 0 Å². The highest BCUT2D eigenvalue weighted by Crippen LogP contribution is 2.34. The number of ether oxygens (including phenoxy) is 2. The van der Waals surface area contributed by atoms with E-state index in [9.17, 15) is 4.79 Å². The maximum atomic E-state index is 11.0. The van der Waals surface area contributed by atoms with E-state index in [0.717, 1.165) is 0 Å². The first-order chi connectivity index (χ1) is 7.93. The van der Waals surface area contributed by atoms with Gasteiger partial charge in [-0.15, -0.1) is 0 Å². The molecule has 0 unspecified atom stereocenters. The quantitative estimate of drug-likeness (QED) is 0.364. The van der Waals surface area contributed by atoms with Gasteiger partial charge in [0.15, 0.2) is 0 Å². The van der Waals surface area contributed by atoms with Gasteiger partial charge in [0.25, 0.3) is 0 Å². The number of benzene rings is 1. The molecule has 6 heteroatoms. The first-order valence-electron chi connectivity index (χ1n) is 4.52. The summed E-state index contributed by atoms with van der Waals surface area (Å²) in [6.07, 6.45) is 1.19.